The highest BCUT2D eigenvalue weighted by atomic mass is 16.3. The van der Waals surface area contributed by atoms with E-state index in [1.54, 1.807) is 24.3 Å². The molecular weight excluding hydrogens is 326 g/mol. The summed E-state index contributed by atoms with van der Waals surface area (Å²) >= 11 is 0. The number of benzene rings is 1. The first-order valence-corrected chi connectivity index (χ1v) is 10.4. The minimum absolute atomic E-state index is 0.112. The average molecular weight is 362 g/mol. The first-order valence-electron chi connectivity index (χ1n) is 10.4. The maximum absolute atomic E-state index is 10.2. The first-order chi connectivity index (χ1) is 12.5. The maximum Gasteiger partial charge on any atom is 0.115 e. The topological polar surface area (TPSA) is 63.9 Å². The molecule has 2 unspecified atom stereocenters. The standard InChI is InChI=1S/C15H21NO3.C7H14/c17-13-3-1-10(2-4-13)15(19)9-16-7-11-5-14(18)6-12(11)8-16;1-7-5-3-2-4-6-7/h1-4,11-12,14-15,17-19H,5-9H2;7H,2-6H2,1H3/t11-,12+,14?,15?;. The number of aliphatic hydroxyl groups is 2. The van der Waals surface area contributed by atoms with Crippen LogP contribution in [0.5, 0.6) is 5.75 Å². The minimum atomic E-state index is -0.510. The van der Waals surface area contributed by atoms with Crippen LogP contribution < -0.4 is 0 Å². The molecule has 4 nitrogen and oxygen atoms in total. The van der Waals surface area contributed by atoms with Gasteiger partial charge in [0.25, 0.3) is 0 Å². The second-order valence-electron chi connectivity index (χ2n) is 8.71. The van der Waals surface area contributed by atoms with Crippen LogP contribution in [0.4, 0.5) is 0 Å². The number of phenols is 1. The van der Waals surface area contributed by atoms with E-state index in [0.29, 0.717) is 18.4 Å². The zero-order valence-corrected chi connectivity index (χ0v) is 16.1. The molecule has 1 aromatic rings. The smallest absolute Gasteiger partial charge is 0.115 e. The molecular formula is C22H35NO3. The Hall–Kier alpha value is -1.10. The lowest BCUT2D eigenvalue weighted by Crippen LogP contribution is -2.28. The van der Waals surface area contributed by atoms with Gasteiger partial charge in [-0.1, -0.05) is 51.2 Å². The third-order valence-electron chi connectivity index (χ3n) is 6.40. The van der Waals surface area contributed by atoms with Crippen molar-refractivity contribution in [2.24, 2.45) is 17.8 Å². The van der Waals surface area contributed by atoms with Crippen LogP contribution in [-0.2, 0) is 0 Å². The molecule has 1 saturated heterocycles. The van der Waals surface area contributed by atoms with Gasteiger partial charge in [-0.25, -0.2) is 0 Å². The second kappa shape index (κ2) is 9.20. The van der Waals surface area contributed by atoms with Crippen LogP contribution in [0.2, 0.25) is 0 Å². The van der Waals surface area contributed by atoms with Crippen LogP contribution in [0, 0.1) is 17.8 Å². The van der Waals surface area contributed by atoms with Crippen LogP contribution in [0.3, 0.4) is 0 Å². The van der Waals surface area contributed by atoms with Crippen molar-refractivity contribution < 1.29 is 15.3 Å². The van der Waals surface area contributed by atoms with Crippen molar-refractivity contribution in [2.75, 3.05) is 19.6 Å². The molecule has 1 aromatic carbocycles. The summed E-state index contributed by atoms with van der Waals surface area (Å²) in [5, 5.41) is 29.1. The van der Waals surface area contributed by atoms with Gasteiger partial charge in [-0.2, -0.15) is 0 Å². The number of aliphatic hydroxyl groups excluding tert-OH is 2. The van der Waals surface area contributed by atoms with Crippen LogP contribution in [-0.4, -0.2) is 46.0 Å². The predicted octanol–water partition coefficient (Wildman–Crippen LogP) is 3.71. The Kier molecular flexibility index (Phi) is 6.96. The highest BCUT2D eigenvalue weighted by Gasteiger charge is 2.40. The van der Waals surface area contributed by atoms with Crippen LogP contribution in [0.1, 0.15) is 63.5 Å². The van der Waals surface area contributed by atoms with Gasteiger partial charge in [0.05, 0.1) is 12.2 Å². The molecule has 4 atom stereocenters. The zero-order valence-electron chi connectivity index (χ0n) is 16.1. The molecule has 3 fully saturated rings. The molecule has 0 bridgehead atoms. The number of fused-ring (bicyclic) bond motifs is 1. The van der Waals surface area contributed by atoms with E-state index in [2.05, 4.69) is 11.8 Å². The average Bonchev–Trinajstić information content (AvgIpc) is 3.13. The van der Waals surface area contributed by atoms with E-state index in [-0.39, 0.29) is 11.9 Å². The van der Waals surface area contributed by atoms with Crippen molar-refractivity contribution in [3.05, 3.63) is 29.8 Å². The van der Waals surface area contributed by atoms with Gasteiger partial charge < -0.3 is 15.3 Å². The van der Waals surface area contributed by atoms with Gasteiger partial charge in [0.15, 0.2) is 0 Å². The third kappa shape index (κ3) is 5.45. The Bertz CT molecular complexity index is 527. The van der Waals surface area contributed by atoms with E-state index in [1.807, 2.05) is 0 Å². The number of rotatable bonds is 3. The lowest BCUT2D eigenvalue weighted by Gasteiger charge is -2.21. The van der Waals surface area contributed by atoms with E-state index >= 15 is 0 Å². The highest BCUT2D eigenvalue weighted by molar-refractivity contribution is 5.27. The minimum Gasteiger partial charge on any atom is -0.508 e. The number of likely N-dealkylation sites (tertiary alicyclic amines) is 1. The molecule has 1 aliphatic heterocycles. The Morgan fingerprint density at radius 3 is 2.08 bits per heavy atom. The van der Waals surface area contributed by atoms with Crippen molar-refractivity contribution >= 4 is 0 Å². The van der Waals surface area contributed by atoms with Gasteiger partial charge in [0, 0.05) is 19.6 Å². The Morgan fingerprint density at radius 2 is 1.58 bits per heavy atom. The monoisotopic (exact) mass is 361 g/mol. The Labute approximate surface area is 157 Å². The van der Waals surface area contributed by atoms with Crippen molar-refractivity contribution in [3.63, 3.8) is 0 Å². The van der Waals surface area contributed by atoms with Crippen molar-refractivity contribution in [2.45, 2.75) is 64.1 Å². The van der Waals surface area contributed by atoms with Crippen LogP contribution >= 0.6 is 0 Å². The predicted molar refractivity (Wildman–Crippen MR) is 104 cm³/mol. The number of phenolic OH excluding ortho intramolecular Hbond substituents is 1. The van der Waals surface area contributed by atoms with E-state index in [9.17, 15) is 15.3 Å². The molecule has 2 saturated carbocycles. The maximum atomic E-state index is 10.2. The van der Waals surface area contributed by atoms with Crippen molar-refractivity contribution in [1.82, 2.24) is 4.90 Å². The molecule has 4 heteroatoms. The first kappa shape index (κ1) is 19.7. The summed E-state index contributed by atoms with van der Waals surface area (Å²) < 4.78 is 0. The quantitative estimate of drug-likeness (QED) is 0.768. The summed E-state index contributed by atoms with van der Waals surface area (Å²) in [4.78, 5) is 2.29. The molecule has 3 N–H and O–H groups in total. The van der Waals surface area contributed by atoms with Crippen LogP contribution in [0.15, 0.2) is 24.3 Å². The highest BCUT2D eigenvalue weighted by Crippen LogP contribution is 2.38. The van der Waals surface area contributed by atoms with Crippen molar-refractivity contribution in [3.8, 4) is 5.75 Å². The molecule has 146 valence electrons. The summed E-state index contributed by atoms with van der Waals surface area (Å²) in [5.41, 5.74) is 0.842. The zero-order chi connectivity index (χ0) is 18.5. The Morgan fingerprint density at radius 1 is 1.00 bits per heavy atom. The fraction of sp³-hybridized carbons (Fsp3) is 0.727. The van der Waals surface area contributed by atoms with Gasteiger partial charge in [-0.05, 0) is 48.3 Å². The Balaban J connectivity index is 0.000000236. The molecule has 26 heavy (non-hydrogen) atoms. The third-order valence-corrected chi connectivity index (χ3v) is 6.40. The van der Waals surface area contributed by atoms with Gasteiger partial charge in [0.1, 0.15) is 5.75 Å². The van der Waals surface area contributed by atoms with E-state index in [1.165, 1.54) is 32.1 Å². The van der Waals surface area contributed by atoms with Crippen LogP contribution in [0.25, 0.3) is 0 Å². The number of β-amino-alcohol motifs (C(OH)–C–C–N with tert-alkyl or cyclic N) is 1. The molecule has 3 aliphatic rings. The summed E-state index contributed by atoms with van der Waals surface area (Å²) in [6.45, 7) is 4.96. The molecule has 0 aromatic heterocycles. The lowest BCUT2D eigenvalue weighted by atomic mass is 9.91. The van der Waals surface area contributed by atoms with Gasteiger partial charge in [0.2, 0.25) is 0 Å². The summed E-state index contributed by atoms with van der Waals surface area (Å²) in [6.07, 6.45) is 8.64. The number of nitrogens with zero attached hydrogens (tertiary/aromatic N) is 1. The molecule has 1 heterocycles. The molecule has 4 rings (SSSR count). The summed E-state index contributed by atoms with van der Waals surface area (Å²) in [5.74, 6) is 2.46. The normalized spacial score (nSPS) is 30.5. The van der Waals surface area contributed by atoms with E-state index < -0.39 is 6.10 Å². The molecule has 0 spiro atoms. The fourth-order valence-electron chi connectivity index (χ4n) is 4.87. The van der Waals surface area contributed by atoms with Gasteiger partial charge >= 0.3 is 0 Å². The molecule has 0 radical (unpaired) electrons. The fourth-order valence-corrected chi connectivity index (χ4v) is 4.87. The lowest BCUT2D eigenvalue weighted by molar-refractivity contribution is 0.113. The number of aromatic hydroxyl groups is 1. The number of hydrogen-bond acceptors (Lipinski definition) is 4. The SMILES string of the molecule is CC1CCCCC1.Oc1ccc(C(O)CN2C[C@H]3CC(O)C[C@H]3C2)cc1. The largest absolute Gasteiger partial charge is 0.508 e. The van der Waals surface area contributed by atoms with Gasteiger partial charge in [-0.15, -0.1) is 0 Å². The molecule has 2 aliphatic carbocycles. The van der Waals surface area contributed by atoms with E-state index in [4.69, 9.17) is 0 Å². The van der Waals surface area contributed by atoms with Gasteiger partial charge in [-0.3, -0.25) is 4.90 Å². The van der Waals surface area contributed by atoms with E-state index in [0.717, 1.165) is 37.4 Å². The summed E-state index contributed by atoms with van der Waals surface area (Å²) in [7, 11) is 0. The van der Waals surface area contributed by atoms with Crippen molar-refractivity contribution in [1.29, 1.82) is 0 Å². The summed E-state index contributed by atoms with van der Waals surface area (Å²) in [6, 6.07) is 6.74. The second-order valence-corrected chi connectivity index (χ2v) is 8.71. The number of hydrogen-bond donors (Lipinski definition) is 3. The molecule has 0 amide bonds.